The molecule has 2 aromatic carbocycles. The summed E-state index contributed by atoms with van der Waals surface area (Å²) in [7, 11) is 0. The normalized spacial score (nSPS) is 10.8. The van der Waals surface area contributed by atoms with Gasteiger partial charge in [-0.2, -0.15) is 0 Å². The monoisotopic (exact) mass is 366 g/mol. The number of carboxylic acids is 1. The van der Waals surface area contributed by atoms with Gasteiger partial charge >= 0.3 is 5.97 Å². The van der Waals surface area contributed by atoms with E-state index in [0.29, 0.717) is 40.3 Å². The van der Waals surface area contributed by atoms with Crippen LogP contribution in [0.5, 0.6) is 11.5 Å². The summed E-state index contributed by atoms with van der Waals surface area (Å²) in [5.74, 6) is 0.105. The number of halogens is 2. The van der Waals surface area contributed by atoms with E-state index in [1.807, 2.05) is 13.0 Å². The number of rotatable bonds is 7. The van der Waals surface area contributed by atoms with E-state index in [1.165, 1.54) is 6.08 Å². The second-order valence-corrected chi connectivity index (χ2v) is 5.66. The van der Waals surface area contributed by atoms with Crippen molar-refractivity contribution in [2.24, 2.45) is 0 Å². The Bertz CT molecular complexity index is 757. The van der Waals surface area contributed by atoms with Crippen LogP contribution in [0.1, 0.15) is 18.1 Å². The quantitative estimate of drug-likeness (QED) is 0.695. The largest absolute Gasteiger partial charge is 0.490 e. The van der Waals surface area contributed by atoms with E-state index in [-0.39, 0.29) is 0 Å². The lowest BCUT2D eigenvalue weighted by atomic mass is 10.2. The highest BCUT2D eigenvalue weighted by Crippen LogP contribution is 2.30. The molecule has 0 heterocycles. The van der Waals surface area contributed by atoms with E-state index in [0.717, 1.165) is 11.6 Å². The number of benzene rings is 2. The highest BCUT2D eigenvalue weighted by molar-refractivity contribution is 6.42. The van der Waals surface area contributed by atoms with Crippen LogP contribution in [-0.4, -0.2) is 17.7 Å². The second-order valence-electron chi connectivity index (χ2n) is 4.85. The fourth-order valence-corrected chi connectivity index (χ4v) is 2.29. The molecular formula is C18H16Cl2O4. The van der Waals surface area contributed by atoms with Crippen LogP contribution >= 0.6 is 23.2 Å². The summed E-state index contributed by atoms with van der Waals surface area (Å²) in [6.45, 7) is 2.64. The number of ether oxygens (including phenoxy) is 2. The molecule has 0 aliphatic heterocycles. The van der Waals surface area contributed by atoms with Crippen molar-refractivity contribution >= 4 is 35.2 Å². The van der Waals surface area contributed by atoms with Crippen LogP contribution in [0.25, 0.3) is 6.08 Å². The van der Waals surface area contributed by atoms with Crippen molar-refractivity contribution in [1.29, 1.82) is 0 Å². The molecule has 126 valence electrons. The van der Waals surface area contributed by atoms with Crippen LogP contribution in [0.3, 0.4) is 0 Å². The molecule has 0 bridgehead atoms. The zero-order valence-electron chi connectivity index (χ0n) is 13.0. The summed E-state index contributed by atoms with van der Waals surface area (Å²) < 4.78 is 11.3. The average molecular weight is 367 g/mol. The van der Waals surface area contributed by atoms with Crippen LogP contribution in [0.15, 0.2) is 42.5 Å². The molecular weight excluding hydrogens is 351 g/mol. The Hall–Kier alpha value is -2.17. The predicted molar refractivity (Wildman–Crippen MR) is 95.1 cm³/mol. The zero-order chi connectivity index (χ0) is 17.5. The van der Waals surface area contributed by atoms with E-state index in [9.17, 15) is 4.79 Å². The molecule has 0 unspecified atom stereocenters. The van der Waals surface area contributed by atoms with Crippen molar-refractivity contribution in [3.8, 4) is 11.5 Å². The number of carboxylic acid groups (broad SMARTS) is 1. The van der Waals surface area contributed by atoms with Gasteiger partial charge < -0.3 is 14.6 Å². The summed E-state index contributed by atoms with van der Waals surface area (Å²) >= 11 is 11.9. The van der Waals surface area contributed by atoms with Gasteiger partial charge in [0.15, 0.2) is 11.5 Å². The fraction of sp³-hybridized carbons (Fsp3) is 0.167. The topological polar surface area (TPSA) is 55.8 Å². The number of carbonyl (C=O) groups is 1. The minimum atomic E-state index is -1.01. The molecule has 6 heteroatoms. The SMILES string of the molecule is CCOc1cc(/C=C/C(=O)O)ccc1OCc1ccc(Cl)c(Cl)c1. The molecule has 4 nitrogen and oxygen atoms in total. The van der Waals surface area contributed by atoms with Crippen LogP contribution in [0.4, 0.5) is 0 Å². The fourth-order valence-electron chi connectivity index (χ4n) is 1.97. The van der Waals surface area contributed by atoms with Gasteiger partial charge in [-0.3, -0.25) is 0 Å². The zero-order valence-corrected chi connectivity index (χ0v) is 14.5. The van der Waals surface area contributed by atoms with E-state index in [4.69, 9.17) is 37.8 Å². The molecule has 1 N–H and O–H groups in total. The van der Waals surface area contributed by atoms with E-state index >= 15 is 0 Å². The third kappa shape index (κ3) is 5.18. The summed E-state index contributed by atoms with van der Waals surface area (Å²) in [5.41, 5.74) is 1.59. The first-order chi connectivity index (χ1) is 11.5. The maximum Gasteiger partial charge on any atom is 0.328 e. The Morgan fingerprint density at radius 3 is 2.54 bits per heavy atom. The minimum absolute atomic E-state index is 0.307. The van der Waals surface area contributed by atoms with Gasteiger partial charge in [0.1, 0.15) is 6.61 Å². The summed E-state index contributed by atoms with van der Waals surface area (Å²) in [4.78, 5) is 10.6. The molecule has 0 atom stereocenters. The molecule has 0 fully saturated rings. The molecule has 2 aromatic rings. The summed E-state index contributed by atoms with van der Waals surface area (Å²) in [6.07, 6.45) is 2.56. The van der Waals surface area contributed by atoms with Crippen LogP contribution < -0.4 is 9.47 Å². The van der Waals surface area contributed by atoms with Gasteiger partial charge in [0, 0.05) is 6.08 Å². The van der Waals surface area contributed by atoms with Crippen molar-refractivity contribution in [1.82, 2.24) is 0 Å². The molecule has 0 spiro atoms. The highest BCUT2D eigenvalue weighted by atomic mass is 35.5. The smallest absolute Gasteiger partial charge is 0.328 e. The van der Waals surface area contributed by atoms with Crippen molar-refractivity contribution in [3.05, 3.63) is 63.6 Å². The Kier molecular flexibility index (Phi) is 6.53. The molecule has 0 amide bonds. The highest BCUT2D eigenvalue weighted by Gasteiger charge is 2.07. The molecule has 0 saturated heterocycles. The van der Waals surface area contributed by atoms with Gasteiger partial charge in [0.25, 0.3) is 0 Å². The van der Waals surface area contributed by atoms with Gasteiger partial charge in [-0.15, -0.1) is 0 Å². The summed E-state index contributed by atoms with van der Waals surface area (Å²) in [5, 5.41) is 9.65. The van der Waals surface area contributed by atoms with Crippen molar-refractivity contribution in [2.75, 3.05) is 6.61 Å². The Balaban J connectivity index is 2.16. The Morgan fingerprint density at radius 1 is 1.08 bits per heavy atom. The van der Waals surface area contributed by atoms with Crippen molar-refractivity contribution in [3.63, 3.8) is 0 Å². The molecule has 0 saturated carbocycles. The third-order valence-electron chi connectivity index (χ3n) is 3.06. The van der Waals surface area contributed by atoms with Gasteiger partial charge in [-0.1, -0.05) is 35.3 Å². The van der Waals surface area contributed by atoms with Gasteiger partial charge in [-0.05, 0) is 48.4 Å². The maximum atomic E-state index is 10.6. The van der Waals surface area contributed by atoms with Gasteiger partial charge in [0.05, 0.1) is 16.7 Å². The Labute approximate surface area is 150 Å². The van der Waals surface area contributed by atoms with E-state index < -0.39 is 5.97 Å². The first-order valence-corrected chi connectivity index (χ1v) is 7.99. The van der Waals surface area contributed by atoms with E-state index in [2.05, 4.69) is 0 Å². The lowest BCUT2D eigenvalue weighted by molar-refractivity contribution is -0.131. The molecule has 0 aliphatic rings. The molecule has 0 radical (unpaired) electrons. The van der Waals surface area contributed by atoms with Crippen molar-refractivity contribution in [2.45, 2.75) is 13.5 Å². The molecule has 0 aliphatic carbocycles. The number of hydrogen-bond donors (Lipinski definition) is 1. The van der Waals surface area contributed by atoms with Crippen LogP contribution in [-0.2, 0) is 11.4 Å². The molecule has 2 rings (SSSR count). The third-order valence-corrected chi connectivity index (χ3v) is 3.80. The predicted octanol–water partition coefficient (Wildman–Crippen LogP) is 5.07. The second kappa shape index (κ2) is 8.62. The summed E-state index contributed by atoms with van der Waals surface area (Å²) in [6, 6.07) is 10.5. The van der Waals surface area contributed by atoms with Gasteiger partial charge in [0.2, 0.25) is 0 Å². The average Bonchev–Trinajstić information content (AvgIpc) is 2.55. The van der Waals surface area contributed by atoms with Gasteiger partial charge in [-0.25, -0.2) is 4.79 Å². The standard InChI is InChI=1S/C18H16Cl2O4/c1-2-23-17-10-12(5-8-18(21)22)4-7-16(17)24-11-13-3-6-14(19)15(20)9-13/h3-10H,2,11H2,1H3,(H,21,22)/b8-5+. The minimum Gasteiger partial charge on any atom is -0.490 e. The van der Waals surface area contributed by atoms with Crippen LogP contribution in [0, 0.1) is 0 Å². The number of aliphatic carboxylic acids is 1. The molecule has 24 heavy (non-hydrogen) atoms. The van der Waals surface area contributed by atoms with E-state index in [1.54, 1.807) is 30.3 Å². The molecule has 0 aromatic heterocycles. The first-order valence-electron chi connectivity index (χ1n) is 7.24. The first kappa shape index (κ1) is 18.2. The Morgan fingerprint density at radius 2 is 1.88 bits per heavy atom. The van der Waals surface area contributed by atoms with Crippen LogP contribution in [0.2, 0.25) is 10.0 Å². The lowest BCUT2D eigenvalue weighted by Gasteiger charge is -2.13. The lowest BCUT2D eigenvalue weighted by Crippen LogP contribution is -2.00. The maximum absolute atomic E-state index is 10.6. The number of hydrogen-bond acceptors (Lipinski definition) is 3. The van der Waals surface area contributed by atoms with Crippen molar-refractivity contribution < 1.29 is 19.4 Å².